The molecule has 0 aliphatic heterocycles. The number of fused-ring (bicyclic) bond motifs is 2. The third kappa shape index (κ3) is 4.96. The van der Waals surface area contributed by atoms with Crippen molar-refractivity contribution in [3.63, 3.8) is 0 Å². The number of aromatic nitrogens is 6. The molecule has 6 rings (SSSR count). The van der Waals surface area contributed by atoms with Crippen LogP contribution in [0.25, 0.3) is 56.0 Å². The van der Waals surface area contributed by atoms with Gasteiger partial charge in [-0.2, -0.15) is 5.10 Å². The number of nitrogens with zero attached hydrogens (tertiary/aromatic N) is 6. The second-order valence-electron chi connectivity index (χ2n) is 10.1. The number of imidazole rings is 1. The number of aromatic amines is 2. The summed E-state index contributed by atoms with van der Waals surface area (Å²) in [6.07, 6.45) is 3.61. The Morgan fingerprint density at radius 1 is 0.875 bits per heavy atom. The molecule has 0 aliphatic carbocycles. The maximum Gasteiger partial charge on any atom is 0.161 e. The van der Waals surface area contributed by atoms with Crippen LogP contribution in [0.2, 0.25) is 0 Å². The normalized spacial score (nSPS) is 11.6. The number of halogens is 1. The van der Waals surface area contributed by atoms with Crippen molar-refractivity contribution in [1.82, 2.24) is 35.0 Å². The quantitative estimate of drug-likeness (QED) is 0.270. The molecule has 0 spiro atoms. The molecule has 0 fully saturated rings. The summed E-state index contributed by atoms with van der Waals surface area (Å²) in [6, 6.07) is 16.5. The van der Waals surface area contributed by atoms with E-state index >= 15 is 0 Å². The summed E-state index contributed by atoms with van der Waals surface area (Å²) in [5, 5.41) is 7.59. The number of rotatable bonds is 8. The second-order valence-corrected chi connectivity index (χ2v) is 10.1. The van der Waals surface area contributed by atoms with Crippen LogP contribution in [0.5, 0.6) is 5.75 Å². The predicted octanol–water partition coefficient (Wildman–Crippen LogP) is 5.38. The highest BCUT2D eigenvalue weighted by atomic mass is 19.1. The third-order valence-electron chi connectivity index (χ3n) is 6.67. The molecule has 0 saturated heterocycles. The van der Waals surface area contributed by atoms with Crippen LogP contribution in [0, 0.1) is 5.82 Å². The second kappa shape index (κ2) is 10.4. The van der Waals surface area contributed by atoms with Crippen molar-refractivity contribution >= 4 is 27.8 Å². The topological polar surface area (TPSA) is 98.8 Å². The molecule has 10 heteroatoms. The molecule has 4 heterocycles. The Balaban J connectivity index is 1.39. The lowest BCUT2D eigenvalue weighted by molar-refractivity contribution is 0.260. The lowest BCUT2D eigenvalue weighted by atomic mass is 10.0. The van der Waals surface area contributed by atoms with E-state index in [4.69, 9.17) is 14.7 Å². The minimum Gasteiger partial charge on any atom is -0.492 e. The fourth-order valence-corrected chi connectivity index (χ4v) is 4.56. The molecule has 202 valence electrons. The minimum absolute atomic E-state index is 0.368. The van der Waals surface area contributed by atoms with E-state index < -0.39 is 0 Å². The fraction of sp³-hybridized carbons (Fsp3) is 0.200. The van der Waals surface area contributed by atoms with Gasteiger partial charge in [0.1, 0.15) is 23.7 Å². The number of anilines is 1. The number of ether oxygens (including phenoxy) is 1. The van der Waals surface area contributed by atoms with E-state index in [1.54, 1.807) is 6.20 Å². The van der Waals surface area contributed by atoms with E-state index in [-0.39, 0.29) is 5.82 Å². The van der Waals surface area contributed by atoms with Gasteiger partial charge in [0, 0.05) is 44.0 Å². The Labute approximate surface area is 230 Å². The number of para-hydroxylation sites is 1. The highest BCUT2D eigenvalue weighted by Gasteiger charge is 2.18. The van der Waals surface area contributed by atoms with E-state index in [9.17, 15) is 4.39 Å². The summed E-state index contributed by atoms with van der Waals surface area (Å²) in [6.45, 7) is 1.19. The van der Waals surface area contributed by atoms with Crippen molar-refractivity contribution in [3.8, 4) is 39.7 Å². The first kappa shape index (κ1) is 25.4. The van der Waals surface area contributed by atoms with Gasteiger partial charge < -0.3 is 19.5 Å². The summed E-state index contributed by atoms with van der Waals surface area (Å²) < 4.78 is 20.4. The lowest BCUT2D eigenvalue weighted by Gasteiger charge is -2.12. The SMILES string of the molecule is CN(C)CCOc1cc(F)cc(-c2cccc3[nH]c(-c4n[nH]c5ccc(-c6cncc(N(C)C)c6)nc45)nc23)c1. The molecule has 2 N–H and O–H groups in total. The Hall–Kier alpha value is -4.83. The molecule has 2 aromatic carbocycles. The Morgan fingerprint density at radius 3 is 2.58 bits per heavy atom. The summed E-state index contributed by atoms with van der Waals surface area (Å²) in [7, 11) is 7.89. The van der Waals surface area contributed by atoms with Crippen molar-refractivity contribution in [3.05, 3.63) is 72.8 Å². The number of nitrogens with one attached hydrogen (secondary N) is 2. The molecule has 0 bridgehead atoms. The van der Waals surface area contributed by atoms with Crippen molar-refractivity contribution in [2.24, 2.45) is 0 Å². The van der Waals surface area contributed by atoms with E-state index in [0.29, 0.717) is 40.5 Å². The Kier molecular flexibility index (Phi) is 6.61. The van der Waals surface area contributed by atoms with Crippen molar-refractivity contribution in [1.29, 1.82) is 0 Å². The molecule has 0 amide bonds. The molecule has 6 aromatic rings. The van der Waals surface area contributed by atoms with Gasteiger partial charge in [-0.1, -0.05) is 12.1 Å². The monoisotopic (exact) mass is 536 g/mol. The largest absolute Gasteiger partial charge is 0.492 e. The molecule has 0 radical (unpaired) electrons. The van der Waals surface area contributed by atoms with Gasteiger partial charge in [0.05, 0.1) is 34.1 Å². The number of likely N-dealkylation sites (N-methyl/N-ethyl adjacent to an activating group) is 1. The summed E-state index contributed by atoms with van der Waals surface area (Å²) >= 11 is 0. The van der Waals surface area contributed by atoms with Crippen LogP contribution in [0.1, 0.15) is 0 Å². The highest BCUT2D eigenvalue weighted by Crippen LogP contribution is 2.34. The molecule has 0 aliphatic rings. The first-order chi connectivity index (χ1) is 19.4. The number of hydrogen-bond donors (Lipinski definition) is 2. The van der Waals surface area contributed by atoms with E-state index in [2.05, 4.69) is 20.2 Å². The van der Waals surface area contributed by atoms with Crippen molar-refractivity contribution < 1.29 is 9.13 Å². The average Bonchev–Trinajstić information content (AvgIpc) is 3.56. The Bertz CT molecular complexity index is 1820. The number of pyridine rings is 2. The van der Waals surface area contributed by atoms with Gasteiger partial charge in [0.15, 0.2) is 11.5 Å². The maximum atomic E-state index is 14.6. The predicted molar refractivity (Wildman–Crippen MR) is 156 cm³/mol. The van der Waals surface area contributed by atoms with Crippen LogP contribution < -0.4 is 9.64 Å². The Morgan fingerprint density at radius 2 is 1.75 bits per heavy atom. The molecule has 0 atom stereocenters. The van der Waals surface area contributed by atoms with Gasteiger partial charge in [0.2, 0.25) is 0 Å². The fourth-order valence-electron chi connectivity index (χ4n) is 4.56. The molecule has 9 nitrogen and oxygen atoms in total. The van der Waals surface area contributed by atoms with Crippen LogP contribution >= 0.6 is 0 Å². The lowest BCUT2D eigenvalue weighted by Crippen LogP contribution is -2.19. The van der Waals surface area contributed by atoms with Gasteiger partial charge in [-0.3, -0.25) is 10.1 Å². The van der Waals surface area contributed by atoms with Gasteiger partial charge in [-0.15, -0.1) is 0 Å². The first-order valence-corrected chi connectivity index (χ1v) is 12.9. The van der Waals surface area contributed by atoms with E-state index in [1.165, 1.54) is 12.1 Å². The van der Waals surface area contributed by atoms with Crippen LogP contribution in [-0.2, 0) is 0 Å². The zero-order valence-corrected chi connectivity index (χ0v) is 22.7. The van der Waals surface area contributed by atoms with Crippen LogP contribution in [0.15, 0.2) is 67.0 Å². The summed E-state index contributed by atoms with van der Waals surface area (Å²) in [5.41, 5.74) is 7.74. The molecule has 4 aromatic heterocycles. The van der Waals surface area contributed by atoms with E-state index in [0.717, 1.165) is 40.1 Å². The summed E-state index contributed by atoms with van der Waals surface area (Å²) in [5.74, 6) is 0.679. The minimum atomic E-state index is -0.368. The van der Waals surface area contributed by atoms with Crippen LogP contribution in [0.3, 0.4) is 0 Å². The molecule has 0 saturated carbocycles. The van der Waals surface area contributed by atoms with Gasteiger partial charge in [-0.05, 0) is 56.1 Å². The zero-order chi connectivity index (χ0) is 27.8. The molecular weight excluding hydrogens is 507 g/mol. The maximum absolute atomic E-state index is 14.6. The van der Waals surface area contributed by atoms with Gasteiger partial charge in [0.25, 0.3) is 0 Å². The molecule has 0 unspecified atom stereocenters. The first-order valence-electron chi connectivity index (χ1n) is 12.9. The standard InChI is InChI=1S/C30H29FN8O/c1-38(2)10-11-40-22-14-18(12-20(31)15-22)23-6-5-7-25-27(23)35-30(34-25)29-28-26(36-37-29)9-8-24(33-28)19-13-21(39(3)4)17-32-16-19/h5-9,12-17H,10-11H2,1-4H3,(H,34,35)(H,36,37). The van der Waals surface area contributed by atoms with Crippen molar-refractivity contribution in [2.45, 2.75) is 0 Å². The number of benzene rings is 2. The average molecular weight is 537 g/mol. The smallest absolute Gasteiger partial charge is 0.161 e. The highest BCUT2D eigenvalue weighted by molar-refractivity contribution is 5.96. The molecule has 40 heavy (non-hydrogen) atoms. The van der Waals surface area contributed by atoms with Gasteiger partial charge in [-0.25, -0.2) is 14.4 Å². The number of H-pyrrole nitrogens is 2. The van der Waals surface area contributed by atoms with Crippen LogP contribution in [-0.4, -0.2) is 76.4 Å². The number of hydrogen-bond acceptors (Lipinski definition) is 7. The zero-order valence-electron chi connectivity index (χ0n) is 22.7. The van der Waals surface area contributed by atoms with Crippen molar-refractivity contribution in [2.75, 3.05) is 46.2 Å². The summed E-state index contributed by atoms with van der Waals surface area (Å²) in [4.78, 5) is 21.6. The van der Waals surface area contributed by atoms with Crippen LogP contribution in [0.4, 0.5) is 10.1 Å². The third-order valence-corrected chi connectivity index (χ3v) is 6.67. The van der Waals surface area contributed by atoms with E-state index in [1.807, 2.05) is 86.7 Å². The van der Waals surface area contributed by atoms with Gasteiger partial charge >= 0.3 is 0 Å². The molecular formula is C30H29FN8O.